The number of ketones is 1. The maximum Gasteiger partial charge on any atom is 0.215 e. The van der Waals surface area contributed by atoms with Crippen molar-refractivity contribution in [3.05, 3.63) is 49.7 Å². The van der Waals surface area contributed by atoms with Crippen LogP contribution in [0.25, 0.3) is 0 Å². The van der Waals surface area contributed by atoms with Gasteiger partial charge in [0.25, 0.3) is 0 Å². The molecule has 0 fully saturated rings. The van der Waals surface area contributed by atoms with Crippen molar-refractivity contribution in [1.82, 2.24) is 5.32 Å². The van der Waals surface area contributed by atoms with Crippen molar-refractivity contribution in [2.45, 2.75) is 6.92 Å². The van der Waals surface area contributed by atoms with Crippen molar-refractivity contribution in [3.8, 4) is 0 Å². The molecule has 0 heterocycles. The van der Waals surface area contributed by atoms with Crippen molar-refractivity contribution in [2.75, 3.05) is 11.9 Å². The Morgan fingerprint density at radius 1 is 1.52 bits per heavy atom. The largest absolute Gasteiger partial charge is 0.379 e. The van der Waals surface area contributed by atoms with E-state index in [1.54, 1.807) is 0 Å². The van der Waals surface area contributed by atoms with Crippen LogP contribution in [0, 0.1) is 20.3 Å². The van der Waals surface area contributed by atoms with Crippen LogP contribution in [0.15, 0.2) is 45.4 Å². The van der Waals surface area contributed by atoms with Gasteiger partial charge in [-0.2, -0.15) is 5.11 Å². The highest BCUT2D eigenvalue weighted by Gasteiger charge is 2.18. The molecular weight excluding hydrogens is 480 g/mol. The van der Waals surface area contributed by atoms with E-state index < -0.39 is 11.6 Å². The van der Waals surface area contributed by atoms with E-state index >= 15 is 0 Å². The molecule has 1 rings (SSSR count). The van der Waals surface area contributed by atoms with Gasteiger partial charge in [0.1, 0.15) is 11.5 Å². The Morgan fingerprint density at radius 3 is 2.74 bits per heavy atom. The highest BCUT2D eigenvalue weighted by atomic mass is 127. The summed E-state index contributed by atoms with van der Waals surface area (Å²) in [5.74, 6) is -0.916. The van der Waals surface area contributed by atoms with Gasteiger partial charge in [-0.05, 0) is 63.6 Å². The van der Waals surface area contributed by atoms with Crippen LogP contribution in [-0.4, -0.2) is 18.5 Å². The minimum atomic E-state index is -0.524. The van der Waals surface area contributed by atoms with Gasteiger partial charge in [0, 0.05) is 16.3 Å². The monoisotopic (exact) mass is 493 g/mol. The van der Waals surface area contributed by atoms with E-state index in [1.807, 2.05) is 29.5 Å². The van der Waals surface area contributed by atoms with Crippen LogP contribution in [0.2, 0.25) is 0 Å². The molecule has 0 aromatic heterocycles. The lowest BCUT2D eigenvalue weighted by atomic mass is 10.1. The molecule has 0 spiro atoms. The number of benzene rings is 1. The average molecular weight is 494 g/mol. The molecule has 0 saturated heterocycles. The Hall–Kier alpha value is -1.62. The van der Waals surface area contributed by atoms with Gasteiger partial charge in [-0.15, -0.1) is 0 Å². The summed E-state index contributed by atoms with van der Waals surface area (Å²) in [6.07, 6.45) is 1.95. The summed E-state index contributed by atoms with van der Waals surface area (Å²) in [6.45, 7) is 2.42. The number of carbonyl (C=O) groups excluding carboxylic acids is 1. The summed E-state index contributed by atoms with van der Waals surface area (Å²) in [6, 6.07) is 4.05. The SMILES string of the molecule is CCN/C(Br)=C(\C=N)C(=O)/C(=C/N=N)Nc1ccc(F)cc1I. The number of carbonyl (C=O) groups is 1. The molecule has 0 bridgehead atoms. The average Bonchev–Trinajstić information content (AvgIpc) is 2.50. The van der Waals surface area contributed by atoms with Gasteiger partial charge in [-0.3, -0.25) is 4.79 Å². The van der Waals surface area contributed by atoms with Crippen LogP contribution >= 0.6 is 38.5 Å². The van der Waals surface area contributed by atoms with E-state index in [2.05, 4.69) is 31.7 Å². The van der Waals surface area contributed by atoms with E-state index in [0.717, 1.165) is 12.4 Å². The Balaban J connectivity index is 3.18. The van der Waals surface area contributed by atoms with Crippen LogP contribution in [0.5, 0.6) is 0 Å². The van der Waals surface area contributed by atoms with Crippen LogP contribution in [-0.2, 0) is 4.79 Å². The first-order chi connectivity index (χ1) is 10.9. The third-order valence-electron chi connectivity index (χ3n) is 2.60. The summed E-state index contributed by atoms with van der Waals surface area (Å²) < 4.78 is 14.1. The Kier molecular flexibility index (Phi) is 8.03. The number of hydrogen-bond acceptors (Lipinski definition) is 6. The van der Waals surface area contributed by atoms with Gasteiger partial charge in [-0.1, -0.05) is 0 Å². The number of anilines is 1. The molecule has 1 aromatic rings. The van der Waals surface area contributed by atoms with E-state index in [9.17, 15) is 9.18 Å². The van der Waals surface area contributed by atoms with Crippen molar-refractivity contribution < 1.29 is 9.18 Å². The number of hydrogen-bond donors (Lipinski definition) is 4. The molecule has 0 unspecified atom stereocenters. The zero-order valence-corrected chi connectivity index (χ0v) is 15.8. The van der Waals surface area contributed by atoms with E-state index in [1.165, 1.54) is 18.2 Å². The third-order valence-corrected chi connectivity index (χ3v) is 4.20. The summed E-state index contributed by atoms with van der Waals surface area (Å²) in [5.41, 5.74) is 7.53. The third kappa shape index (κ3) is 5.50. The van der Waals surface area contributed by atoms with Crippen molar-refractivity contribution in [1.29, 1.82) is 10.9 Å². The molecule has 0 atom stereocenters. The maximum absolute atomic E-state index is 13.2. The van der Waals surface area contributed by atoms with Gasteiger partial charge in [0.2, 0.25) is 5.78 Å². The summed E-state index contributed by atoms with van der Waals surface area (Å²) >= 11 is 5.13. The molecule has 122 valence electrons. The molecule has 4 N–H and O–H groups in total. The molecule has 0 aliphatic carbocycles. The second-order valence-electron chi connectivity index (χ2n) is 4.15. The zero-order chi connectivity index (χ0) is 17.4. The maximum atomic E-state index is 13.2. The zero-order valence-electron chi connectivity index (χ0n) is 12.1. The smallest absolute Gasteiger partial charge is 0.215 e. The van der Waals surface area contributed by atoms with Crippen molar-refractivity contribution >= 4 is 56.2 Å². The molecule has 0 aliphatic rings. The Morgan fingerprint density at radius 2 is 2.22 bits per heavy atom. The van der Waals surface area contributed by atoms with Crippen molar-refractivity contribution in [2.24, 2.45) is 5.11 Å². The lowest BCUT2D eigenvalue weighted by Gasteiger charge is -2.13. The first kappa shape index (κ1) is 19.4. The lowest BCUT2D eigenvalue weighted by molar-refractivity contribution is -0.111. The second-order valence-corrected chi connectivity index (χ2v) is 6.11. The molecule has 0 radical (unpaired) electrons. The minimum Gasteiger partial charge on any atom is -0.379 e. The van der Waals surface area contributed by atoms with E-state index in [4.69, 9.17) is 10.9 Å². The summed E-state index contributed by atoms with van der Waals surface area (Å²) in [5, 5.41) is 16.3. The fourth-order valence-electron chi connectivity index (χ4n) is 1.57. The molecule has 23 heavy (non-hydrogen) atoms. The van der Waals surface area contributed by atoms with Gasteiger partial charge in [0.15, 0.2) is 0 Å². The van der Waals surface area contributed by atoms with Crippen LogP contribution in [0.4, 0.5) is 10.1 Å². The highest BCUT2D eigenvalue weighted by molar-refractivity contribution is 14.1. The Labute approximate surface area is 154 Å². The standard InChI is InChI=1S/C14H14BrFIN5O/c1-2-20-14(15)9(6-18)13(23)12(7-21-19)22-11-4-3-8(16)5-10(11)17/h3-7,18-20,22H,2H2,1H3/b12-7-,14-9+,18-6?,21-19?. The van der Waals surface area contributed by atoms with Gasteiger partial charge >= 0.3 is 0 Å². The number of rotatable bonds is 8. The van der Waals surface area contributed by atoms with Crippen LogP contribution in [0.1, 0.15) is 6.92 Å². The number of halogens is 3. The van der Waals surface area contributed by atoms with E-state index in [0.29, 0.717) is 20.4 Å². The topological polar surface area (TPSA) is 101 Å². The summed E-state index contributed by atoms with van der Waals surface area (Å²) in [7, 11) is 0. The lowest BCUT2D eigenvalue weighted by Crippen LogP contribution is -2.20. The Bertz CT molecular complexity index is 690. The molecule has 9 heteroatoms. The van der Waals surface area contributed by atoms with Gasteiger partial charge < -0.3 is 16.0 Å². The predicted octanol–water partition coefficient (Wildman–Crippen LogP) is 4.15. The first-order valence-electron chi connectivity index (χ1n) is 6.42. The van der Waals surface area contributed by atoms with Crippen molar-refractivity contribution in [3.63, 3.8) is 0 Å². The molecule has 0 aliphatic heterocycles. The first-order valence-corrected chi connectivity index (χ1v) is 8.29. The normalized spacial score (nSPS) is 12.3. The van der Waals surface area contributed by atoms with Gasteiger partial charge in [0.05, 0.1) is 22.1 Å². The number of Topliss-reactive ketones (excluding diaryl/α,β-unsaturated/α-hetero) is 1. The minimum absolute atomic E-state index is 0.00197. The second kappa shape index (κ2) is 9.50. The fourth-order valence-corrected chi connectivity index (χ4v) is 2.76. The molecule has 1 aromatic carbocycles. The summed E-state index contributed by atoms with van der Waals surface area (Å²) in [4.78, 5) is 12.5. The molecular formula is C14H14BrFIN5O. The number of nitrogens with one attached hydrogen (secondary N) is 4. The number of allylic oxidation sites excluding steroid dienone is 1. The van der Waals surface area contributed by atoms with Gasteiger partial charge in [-0.25, -0.2) is 9.92 Å². The van der Waals surface area contributed by atoms with E-state index in [-0.39, 0.29) is 11.3 Å². The quantitative estimate of drug-likeness (QED) is 0.144. The van der Waals surface area contributed by atoms with Crippen LogP contribution in [0.3, 0.4) is 0 Å². The molecule has 0 saturated carbocycles. The molecule has 0 amide bonds. The fraction of sp³-hybridized carbons (Fsp3) is 0.143. The highest BCUT2D eigenvalue weighted by Crippen LogP contribution is 2.22. The van der Waals surface area contributed by atoms with Crippen LogP contribution < -0.4 is 10.6 Å². The molecule has 6 nitrogen and oxygen atoms in total. The predicted molar refractivity (Wildman–Crippen MR) is 99.4 cm³/mol. The number of nitrogens with zero attached hydrogens (tertiary/aromatic N) is 1.